The lowest BCUT2D eigenvalue weighted by molar-refractivity contribution is 0.462. The summed E-state index contributed by atoms with van der Waals surface area (Å²) in [5.41, 5.74) is -1.69. The van der Waals surface area contributed by atoms with E-state index in [0.717, 1.165) is 10.6 Å². The second kappa shape index (κ2) is 7.39. The second-order valence-electron chi connectivity index (χ2n) is 7.91. The third-order valence-corrected chi connectivity index (χ3v) is 6.79. The predicted molar refractivity (Wildman–Crippen MR) is 117 cm³/mol. The van der Waals surface area contributed by atoms with Crippen LogP contribution in [0.4, 0.5) is 17.6 Å². The van der Waals surface area contributed by atoms with Crippen LogP contribution in [0, 0.1) is 30.2 Å². The molecule has 0 aliphatic rings. The van der Waals surface area contributed by atoms with Gasteiger partial charge in [-0.1, -0.05) is 0 Å². The van der Waals surface area contributed by atoms with Gasteiger partial charge in [0.1, 0.15) is 22.0 Å². The molecule has 0 saturated heterocycles. The average Bonchev–Trinajstić information content (AvgIpc) is 3.07. The van der Waals surface area contributed by atoms with Crippen LogP contribution in [0.3, 0.4) is 0 Å². The van der Waals surface area contributed by atoms with Crippen LogP contribution in [0.15, 0.2) is 50.6 Å². The Labute approximate surface area is 189 Å². The van der Waals surface area contributed by atoms with E-state index < -0.39 is 55.7 Å². The Balaban J connectivity index is 1.94. The number of pyridine rings is 1. The quantitative estimate of drug-likeness (QED) is 0.210. The molecular formula is C23H14F4N2O4S. The molecule has 0 saturated carbocycles. The van der Waals surface area contributed by atoms with E-state index in [2.05, 4.69) is 4.98 Å². The van der Waals surface area contributed by atoms with Gasteiger partial charge in [-0.25, -0.2) is 35.8 Å². The van der Waals surface area contributed by atoms with Crippen molar-refractivity contribution in [3.05, 3.63) is 81.3 Å². The van der Waals surface area contributed by atoms with Crippen LogP contribution in [0.25, 0.3) is 32.9 Å². The van der Waals surface area contributed by atoms with Crippen molar-refractivity contribution in [1.82, 2.24) is 9.55 Å². The smallest absolute Gasteiger partial charge is 0.362 e. The summed E-state index contributed by atoms with van der Waals surface area (Å²) >= 11 is 0. The predicted octanol–water partition coefficient (Wildman–Crippen LogP) is 4.61. The highest BCUT2D eigenvalue weighted by Gasteiger charge is 2.27. The number of benzene rings is 2. The lowest BCUT2D eigenvalue weighted by Gasteiger charge is -2.12. The summed E-state index contributed by atoms with van der Waals surface area (Å²) in [7, 11) is -4.25. The molecule has 0 radical (unpaired) electrons. The van der Waals surface area contributed by atoms with Crippen molar-refractivity contribution in [2.24, 2.45) is 0 Å². The highest BCUT2D eigenvalue weighted by Crippen LogP contribution is 2.35. The number of aromatic nitrogens is 2. The van der Waals surface area contributed by atoms with Gasteiger partial charge < -0.3 is 8.98 Å². The number of aryl methyl sites for hydroxylation is 1. The van der Waals surface area contributed by atoms with Crippen LogP contribution >= 0.6 is 0 Å². The van der Waals surface area contributed by atoms with Crippen molar-refractivity contribution >= 4 is 42.7 Å². The van der Waals surface area contributed by atoms with Gasteiger partial charge in [-0.3, -0.25) is 0 Å². The number of hydrogen-bond acceptors (Lipinski definition) is 5. The topological polar surface area (TPSA) is 82.2 Å². The Kier molecular flexibility index (Phi) is 4.80. The lowest BCUT2D eigenvalue weighted by atomic mass is 10.1. The van der Waals surface area contributed by atoms with Crippen molar-refractivity contribution in [1.29, 1.82) is 0 Å². The first-order chi connectivity index (χ1) is 16.0. The summed E-state index contributed by atoms with van der Waals surface area (Å²) in [6, 6.07) is 6.01. The largest absolute Gasteiger partial charge is 0.402 e. The van der Waals surface area contributed by atoms with Crippen LogP contribution in [0.1, 0.15) is 11.1 Å². The van der Waals surface area contributed by atoms with Crippen LogP contribution in [0.5, 0.6) is 0 Å². The standard InChI is InChI=1S/C23H14F4N2O4S/c1-10-6-12-16(7-14(10)24)29(21-18(12)11-4-3-5-28-22(11)33-23(21)30)9-13-19(26)15(25)8-17(20(13)27)34(2,31)32/h3-8H,9H2,1-2H3. The third-order valence-electron chi connectivity index (χ3n) is 5.70. The van der Waals surface area contributed by atoms with E-state index in [1.165, 1.54) is 19.2 Å². The number of halogens is 4. The summed E-state index contributed by atoms with van der Waals surface area (Å²) in [6.45, 7) is 0.699. The lowest BCUT2D eigenvalue weighted by Crippen LogP contribution is -2.14. The maximum atomic E-state index is 15.1. The molecule has 0 fully saturated rings. The highest BCUT2D eigenvalue weighted by molar-refractivity contribution is 7.90. The molecule has 0 spiro atoms. The highest BCUT2D eigenvalue weighted by atomic mass is 32.2. The van der Waals surface area contributed by atoms with Crippen LogP contribution in [-0.4, -0.2) is 24.2 Å². The van der Waals surface area contributed by atoms with Gasteiger partial charge in [0.05, 0.1) is 12.1 Å². The van der Waals surface area contributed by atoms with Crippen molar-refractivity contribution in [3.63, 3.8) is 0 Å². The van der Waals surface area contributed by atoms with Gasteiger partial charge in [0.2, 0.25) is 5.71 Å². The maximum absolute atomic E-state index is 15.1. The van der Waals surface area contributed by atoms with Crippen LogP contribution < -0.4 is 5.63 Å². The summed E-state index contributed by atoms with van der Waals surface area (Å²) in [6.07, 6.45) is 2.06. The molecule has 0 aliphatic carbocycles. The number of nitrogens with zero attached hydrogens (tertiary/aromatic N) is 2. The molecule has 0 amide bonds. The number of rotatable bonds is 3. The fourth-order valence-corrected chi connectivity index (χ4v) is 4.89. The monoisotopic (exact) mass is 490 g/mol. The van der Waals surface area contributed by atoms with Crippen molar-refractivity contribution < 1.29 is 30.4 Å². The molecule has 3 aromatic heterocycles. The molecule has 2 aromatic carbocycles. The molecule has 34 heavy (non-hydrogen) atoms. The van der Waals surface area contributed by atoms with Gasteiger partial charge in [0.15, 0.2) is 21.5 Å². The third kappa shape index (κ3) is 3.18. The van der Waals surface area contributed by atoms with Gasteiger partial charge >= 0.3 is 5.63 Å². The fourth-order valence-electron chi connectivity index (χ4n) is 4.12. The van der Waals surface area contributed by atoms with Gasteiger partial charge in [0, 0.05) is 34.2 Å². The van der Waals surface area contributed by atoms with E-state index in [4.69, 9.17) is 4.42 Å². The van der Waals surface area contributed by atoms with E-state index in [1.807, 2.05) is 0 Å². The summed E-state index contributed by atoms with van der Waals surface area (Å²) in [5, 5.41) is 1.07. The first-order valence-electron chi connectivity index (χ1n) is 9.85. The minimum absolute atomic E-state index is 0.00325. The minimum atomic E-state index is -4.25. The molecule has 0 unspecified atom stereocenters. The van der Waals surface area contributed by atoms with Gasteiger partial charge in [0.25, 0.3) is 0 Å². The second-order valence-corrected chi connectivity index (χ2v) is 9.89. The van der Waals surface area contributed by atoms with Gasteiger partial charge in [-0.05, 0) is 42.8 Å². The van der Waals surface area contributed by atoms with Crippen molar-refractivity contribution in [3.8, 4) is 0 Å². The minimum Gasteiger partial charge on any atom is -0.402 e. The number of sulfone groups is 1. The maximum Gasteiger partial charge on any atom is 0.362 e. The number of fused-ring (bicyclic) bond motifs is 5. The molecule has 0 bridgehead atoms. The van der Waals surface area contributed by atoms with Gasteiger partial charge in [-0.15, -0.1) is 0 Å². The molecule has 0 atom stereocenters. The normalized spacial score (nSPS) is 12.3. The Hall–Kier alpha value is -3.73. The first-order valence-corrected chi connectivity index (χ1v) is 11.7. The van der Waals surface area contributed by atoms with Crippen molar-refractivity contribution in [2.75, 3.05) is 6.26 Å². The zero-order valence-electron chi connectivity index (χ0n) is 17.6. The van der Waals surface area contributed by atoms with E-state index in [9.17, 15) is 26.4 Å². The molecular weight excluding hydrogens is 476 g/mol. The summed E-state index contributed by atoms with van der Waals surface area (Å²) in [4.78, 5) is 15.9. The van der Waals surface area contributed by atoms with Crippen LogP contribution in [-0.2, 0) is 16.4 Å². The molecule has 0 aliphatic heterocycles. The molecule has 3 heterocycles. The molecule has 0 N–H and O–H groups in total. The van der Waals surface area contributed by atoms with Crippen LogP contribution in [0.2, 0.25) is 0 Å². The summed E-state index contributed by atoms with van der Waals surface area (Å²) < 4.78 is 88.8. The SMILES string of the molecule is Cc1cc2c3c4cccnc4oc(=O)c3n(Cc3c(F)c(F)cc(S(C)(=O)=O)c3F)c2cc1F. The zero-order chi connectivity index (χ0) is 24.5. The Bertz CT molecular complexity index is 1840. The number of hydrogen-bond donors (Lipinski definition) is 0. The Morgan fingerprint density at radius 3 is 2.47 bits per heavy atom. The van der Waals surface area contributed by atoms with E-state index in [1.54, 1.807) is 12.1 Å². The van der Waals surface area contributed by atoms with Gasteiger partial charge in [-0.2, -0.15) is 0 Å². The molecule has 174 valence electrons. The summed E-state index contributed by atoms with van der Waals surface area (Å²) in [5.74, 6) is -5.36. The molecule has 5 rings (SSSR count). The fraction of sp³-hybridized carbons (Fsp3) is 0.130. The Morgan fingerprint density at radius 2 is 1.76 bits per heavy atom. The van der Waals surface area contributed by atoms with Crippen molar-refractivity contribution in [2.45, 2.75) is 18.4 Å². The first kappa shape index (κ1) is 22.1. The van der Waals surface area contributed by atoms with E-state index in [-0.39, 0.29) is 28.4 Å². The molecule has 5 aromatic rings. The molecule has 6 nitrogen and oxygen atoms in total. The van der Waals surface area contributed by atoms with E-state index >= 15 is 4.39 Å². The Morgan fingerprint density at radius 1 is 1.03 bits per heavy atom. The zero-order valence-corrected chi connectivity index (χ0v) is 18.4. The molecule has 11 heteroatoms. The van der Waals surface area contributed by atoms with E-state index in [0.29, 0.717) is 22.4 Å². The average molecular weight is 490 g/mol.